The molecule has 0 bridgehead atoms. The number of nitrogens with one attached hydrogen (secondary N) is 1. The van der Waals surface area contributed by atoms with E-state index in [-0.39, 0.29) is 12.5 Å². The lowest BCUT2D eigenvalue weighted by Crippen LogP contribution is -2.41. The summed E-state index contributed by atoms with van der Waals surface area (Å²) in [4.78, 5) is 14.7. The molecule has 9 heteroatoms. The fourth-order valence-electron chi connectivity index (χ4n) is 3.28. The van der Waals surface area contributed by atoms with Crippen molar-refractivity contribution in [3.05, 3.63) is 18.2 Å². The molecule has 2 rings (SSSR count). The molecule has 1 aliphatic heterocycles. The average molecular weight is 414 g/mol. The Balaban J connectivity index is 1.93. The highest BCUT2D eigenvalue weighted by molar-refractivity contribution is 7.92. The van der Waals surface area contributed by atoms with Gasteiger partial charge in [0, 0.05) is 12.6 Å². The van der Waals surface area contributed by atoms with E-state index in [2.05, 4.69) is 10.2 Å². The molecule has 1 aliphatic rings. The van der Waals surface area contributed by atoms with Crippen LogP contribution in [0.15, 0.2) is 18.2 Å². The summed E-state index contributed by atoms with van der Waals surface area (Å²) in [6.07, 6.45) is 5.70. The van der Waals surface area contributed by atoms with Gasteiger partial charge in [-0.05, 0) is 51.0 Å². The van der Waals surface area contributed by atoms with E-state index in [1.54, 1.807) is 18.2 Å². The lowest BCUT2D eigenvalue weighted by Gasteiger charge is -2.26. The zero-order valence-corrected chi connectivity index (χ0v) is 17.8. The van der Waals surface area contributed by atoms with Gasteiger partial charge in [0.25, 0.3) is 0 Å². The van der Waals surface area contributed by atoms with Crippen LogP contribution in [0.3, 0.4) is 0 Å². The highest BCUT2D eigenvalue weighted by Crippen LogP contribution is 2.32. The number of hydrogen-bond donors (Lipinski definition) is 1. The van der Waals surface area contributed by atoms with Gasteiger partial charge in [-0.25, -0.2) is 8.42 Å². The Bertz CT molecular complexity index is 748. The number of nitrogens with zero attached hydrogens (tertiary/aromatic N) is 2. The Labute approximate surface area is 167 Å². The molecule has 0 radical (unpaired) electrons. The normalized spacial score (nSPS) is 15.1. The van der Waals surface area contributed by atoms with Crippen molar-refractivity contribution in [1.82, 2.24) is 10.2 Å². The van der Waals surface area contributed by atoms with Gasteiger partial charge in [-0.3, -0.25) is 9.10 Å². The summed E-state index contributed by atoms with van der Waals surface area (Å²) in [5.74, 6) is 0.552. The van der Waals surface area contributed by atoms with Gasteiger partial charge in [0.2, 0.25) is 15.9 Å². The summed E-state index contributed by atoms with van der Waals surface area (Å²) >= 11 is 0. The van der Waals surface area contributed by atoms with E-state index in [9.17, 15) is 13.2 Å². The van der Waals surface area contributed by atoms with Crippen molar-refractivity contribution in [2.75, 3.05) is 57.5 Å². The van der Waals surface area contributed by atoms with Crippen molar-refractivity contribution in [2.45, 2.75) is 25.7 Å². The molecular weight excluding hydrogens is 382 g/mol. The first-order chi connectivity index (χ1) is 13.3. The summed E-state index contributed by atoms with van der Waals surface area (Å²) in [5, 5.41) is 2.82. The number of carbonyl (C=O) groups is 1. The molecule has 0 atom stereocenters. The zero-order valence-electron chi connectivity index (χ0n) is 16.9. The summed E-state index contributed by atoms with van der Waals surface area (Å²) in [5.41, 5.74) is 0.351. The maximum absolute atomic E-state index is 12.3. The van der Waals surface area contributed by atoms with Gasteiger partial charge in [-0.15, -0.1) is 0 Å². The molecule has 0 spiro atoms. The van der Waals surface area contributed by atoms with Crippen LogP contribution < -0.4 is 19.1 Å². The molecule has 1 amide bonds. The standard InChI is InChI=1S/C19H31N3O5S/c1-26-17-9-8-16(14-18(17)27-2)22(28(3,24)25)15-19(23)20-10-7-13-21-11-5-4-6-12-21/h8-9,14H,4-7,10-13,15H2,1-3H3,(H,20,23). The second kappa shape index (κ2) is 10.5. The van der Waals surface area contributed by atoms with Gasteiger partial charge in [-0.1, -0.05) is 6.42 Å². The number of rotatable bonds is 10. The number of carbonyl (C=O) groups excluding carboxylic acids is 1. The number of hydrogen-bond acceptors (Lipinski definition) is 6. The highest BCUT2D eigenvalue weighted by Gasteiger charge is 2.22. The quantitative estimate of drug-likeness (QED) is 0.585. The molecule has 8 nitrogen and oxygen atoms in total. The number of sulfonamides is 1. The van der Waals surface area contributed by atoms with E-state index >= 15 is 0 Å². The molecule has 28 heavy (non-hydrogen) atoms. The summed E-state index contributed by atoms with van der Waals surface area (Å²) in [7, 11) is -0.661. The van der Waals surface area contributed by atoms with Crippen LogP contribution in [0.1, 0.15) is 25.7 Å². The first-order valence-corrected chi connectivity index (χ1v) is 11.4. The number of likely N-dealkylation sites (tertiary alicyclic amines) is 1. The first-order valence-electron chi connectivity index (χ1n) is 9.54. The number of piperidine rings is 1. The molecule has 1 fully saturated rings. The van der Waals surface area contributed by atoms with E-state index < -0.39 is 10.0 Å². The minimum atomic E-state index is -3.64. The second-order valence-electron chi connectivity index (χ2n) is 6.91. The van der Waals surface area contributed by atoms with E-state index in [4.69, 9.17) is 9.47 Å². The molecule has 0 aliphatic carbocycles. The second-order valence-corrected chi connectivity index (χ2v) is 8.82. The van der Waals surface area contributed by atoms with Crippen molar-refractivity contribution in [3.63, 3.8) is 0 Å². The number of ether oxygens (including phenoxy) is 2. The van der Waals surface area contributed by atoms with E-state index in [1.807, 2.05) is 0 Å². The van der Waals surface area contributed by atoms with E-state index in [0.29, 0.717) is 23.7 Å². The molecular formula is C19H31N3O5S. The van der Waals surface area contributed by atoms with Crippen LogP contribution in [0, 0.1) is 0 Å². The van der Waals surface area contributed by atoms with Gasteiger partial charge in [0.1, 0.15) is 6.54 Å². The van der Waals surface area contributed by atoms with Crippen LogP contribution in [0.5, 0.6) is 11.5 Å². The summed E-state index contributed by atoms with van der Waals surface area (Å²) in [6.45, 7) is 3.44. The van der Waals surface area contributed by atoms with E-state index in [1.165, 1.54) is 33.5 Å². The molecule has 1 saturated heterocycles. The van der Waals surface area contributed by atoms with Gasteiger partial charge in [-0.2, -0.15) is 0 Å². The Hall–Kier alpha value is -2.00. The molecule has 1 aromatic carbocycles. The Morgan fingerprint density at radius 3 is 2.43 bits per heavy atom. The predicted molar refractivity (Wildman–Crippen MR) is 110 cm³/mol. The minimum Gasteiger partial charge on any atom is -0.493 e. The van der Waals surface area contributed by atoms with Crippen molar-refractivity contribution in [1.29, 1.82) is 0 Å². The molecule has 158 valence electrons. The SMILES string of the molecule is COc1ccc(N(CC(=O)NCCCN2CCCCC2)S(C)(=O)=O)cc1OC. The molecule has 0 unspecified atom stereocenters. The van der Waals surface area contributed by atoms with Crippen LogP contribution in [0.2, 0.25) is 0 Å². The van der Waals surface area contributed by atoms with E-state index in [0.717, 1.165) is 36.6 Å². The monoisotopic (exact) mass is 413 g/mol. The average Bonchev–Trinajstić information content (AvgIpc) is 2.69. The topological polar surface area (TPSA) is 88.2 Å². The lowest BCUT2D eigenvalue weighted by molar-refractivity contribution is -0.119. The molecule has 1 N–H and O–H groups in total. The van der Waals surface area contributed by atoms with Crippen LogP contribution in [-0.2, 0) is 14.8 Å². The highest BCUT2D eigenvalue weighted by atomic mass is 32.2. The van der Waals surface area contributed by atoms with Crippen molar-refractivity contribution < 1.29 is 22.7 Å². The molecule has 1 aromatic rings. The third kappa shape index (κ3) is 6.56. The zero-order chi connectivity index (χ0) is 20.6. The predicted octanol–water partition coefficient (Wildman–Crippen LogP) is 1.46. The van der Waals surface area contributed by atoms with Crippen molar-refractivity contribution >= 4 is 21.6 Å². The fraction of sp³-hybridized carbons (Fsp3) is 0.632. The van der Waals surface area contributed by atoms with Crippen LogP contribution >= 0.6 is 0 Å². The van der Waals surface area contributed by atoms with Gasteiger partial charge < -0.3 is 19.7 Å². The lowest BCUT2D eigenvalue weighted by atomic mass is 10.1. The number of benzene rings is 1. The van der Waals surface area contributed by atoms with Gasteiger partial charge in [0.15, 0.2) is 11.5 Å². The summed E-state index contributed by atoms with van der Waals surface area (Å²) < 4.78 is 35.9. The summed E-state index contributed by atoms with van der Waals surface area (Å²) in [6, 6.07) is 4.75. The fourth-order valence-corrected chi connectivity index (χ4v) is 4.13. The van der Waals surface area contributed by atoms with Crippen molar-refractivity contribution in [2.24, 2.45) is 0 Å². The Kier molecular flexibility index (Phi) is 8.37. The smallest absolute Gasteiger partial charge is 0.240 e. The maximum atomic E-state index is 12.3. The number of anilines is 1. The maximum Gasteiger partial charge on any atom is 0.240 e. The van der Waals surface area contributed by atoms with Crippen LogP contribution in [0.4, 0.5) is 5.69 Å². The Morgan fingerprint density at radius 2 is 1.82 bits per heavy atom. The van der Waals surface area contributed by atoms with Crippen molar-refractivity contribution in [3.8, 4) is 11.5 Å². The largest absolute Gasteiger partial charge is 0.493 e. The van der Waals surface area contributed by atoms with Gasteiger partial charge >= 0.3 is 0 Å². The third-order valence-electron chi connectivity index (χ3n) is 4.76. The van der Waals surface area contributed by atoms with Crippen LogP contribution in [-0.4, -0.2) is 72.4 Å². The molecule has 0 saturated carbocycles. The van der Waals surface area contributed by atoms with Gasteiger partial charge in [0.05, 0.1) is 26.2 Å². The minimum absolute atomic E-state index is 0.280. The number of amides is 1. The van der Waals surface area contributed by atoms with Crippen LogP contribution in [0.25, 0.3) is 0 Å². The first kappa shape index (κ1) is 22.3. The molecule has 1 heterocycles. The third-order valence-corrected chi connectivity index (χ3v) is 5.91. The number of methoxy groups -OCH3 is 2. The molecule has 0 aromatic heterocycles. The Morgan fingerprint density at radius 1 is 1.14 bits per heavy atom.